The van der Waals surface area contributed by atoms with Crippen LogP contribution in [0.4, 0.5) is 17.6 Å². The molecule has 8 heteroatoms. The summed E-state index contributed by atoms with van der Waals surface area (Å²) in [5.41, 5.74) is 4.17. The molecule has 29 heavy (non-hydrogen) atoms. The number of morpholine rings is 2. The highest BCUT2D eigenvalue weighted by Gasteiger charge is 2.19. The van der Waals surface area contributed by atoms with Crippen molar-refractivity contribution in [1.29, 1.82) is 0 Å². The Hall–Kier alpha value is -2.97. The monoisotopic (exact) mass is 394 g/mol. The van der Waals surface area contributed by atoms with Gasteiger partial charge in [-0.3, -0.25) is 5.43 Å². The number of nitrogens with zero attached hydrogens (tertiary/aromatic N) is 5. The molecule has 0 radical (unpaired) electrons. The molecule has 0 spiro atoms. The van der Waals surface area contributed by atoms with E-state index in [1.54, 1.807) is 6.21 Å². The second-order valence-corrected chi connectivity index (χ2v) is 6.77. The Balaban J connectivity index is 1.48. The molecule has 4 rings (SSSR count). The van der Waals surface area contributed by atoms with Crippen molar-refractivity contribution in [2.45, 2.75) is 0 Å². The minimum absolute atomic E-state index is 0.673. The predicted molar refractivity (Wildman–Crippen MR) is 116 cm³/mol. The van der Waals surface area contributed by atoms with Crippen molar-refractivity contribution in [3.8, 4) is 0 Å². The van der Waals surface area contributed by atoms with Gasteiger partial charge in [0.1, 0.15) is 5.82 Å². The van der Waals surface area contributed by atoms with Crippen molar-refractivity contribution in [1.82, 2.24) is 9.97 Å². The van der Waals surface area contributed by atoms with Gasteiger partial charge in [-0.05, 0) is 11.6 Å². The maximum Gasteiger partial charge on any atom is 0.229 e. The second-order valence-electron chi connectivity index (χ2n) is 6.77. The first kappa shape index (κ1) is 19.4. The number of anilines is 3. The molecule has 0 aliphatic carbocycles. The number of aromatic nitrogens is 2. The quantitative estimate of drug-likeness (QED) is 0.595. The molecule has 1 aromatic carbocycles. The van der Waals surface area contributed by atoms with Crippen molar-refractivity contribution in [3.63, 3.8) is 0 Å². The molecule has 0 unspecified atom stereocenters. The largest absolute Gasteiger partial charge is 0.378 e. The lowest BCUT2D eigenvalue weighted by Gasteiger charge is -2.31. The molecular weight excluding hydrogens is 368 g/mol. The van der Waals surface area contributed by atoms with Gasteiger partial charge in [-0.2, -0.15) is 15.1 Å². The van der Waals surface area contributed by atoms with Crippen molar-refractivity contribution in [3.05, 3.63) is 48.0 Å². The van der Waals surface area contributed by atoms with Crippen LogP contribution in [0, 0.1) is 0 Å². The summed E-state index contributed by atoms with van der Waals surface area (Å²) >= 11 is 0. The van der Waals surface area contributed by atoms with Crippen LogP contribution in [0.5, 0.6) is 0 Å². The average Bonchev–Trinajstić information content (AvgIpc) is 2.80. The number of hydrogen-bond acceptors (Lipinski definition) is 8. The van der Waals surface area contributed by atoms with Gasteiger partial charge in [-0.25, -0.2) is 0 Å². The minimum atomic E-state index is 0.673. The fourth-order valence-corrected chi connectivity index (χ4v) is 3.20. The Morgan fingerprint density at radius 2 is 1.59 bits per heavy atom. The van der Waals surface area contributed by atoms with Gasteiger partial charge in [0.15, 0.2) is 5.82 Å². The molecule has 0 bridgehead atoms. The van der Waals surface area contributed by atoms with Crippen LogP contribution >= 0.6 is 0 Å². The van der Waals surface area contributed by atoms with E-state index < -0.39 is 0 Å². The minimum Gasteiger partial charge on any atom is -0.378 e. The summed E-state index contributed by atoms with van der Waals surface area (Å²) < 4.78 is 10.9. The average molecular weight is 394 g/mol. The highest BCUT2D eigenvalue weighted by Crippen LogP contribution is 2.22. The van der Waals surface area contributed by atoms with Gasteiger partial charge in [0, 0.05) is 38.5 Å². The van der Waals surface area contributed by atoms with Crippen LogP contribution in [0.25, 0.3) is 6.08 Å². The van der Waals surface area contributed by atoms with Crippen LogP contribution in [0.2, 0.25) is 0 Å². The molecule has 0 atom stereocenters. The molecule has 2 fully saturated rings. The molecule has 8 nitrogen and oxygen atoms in total. The molecule has 0 amide bonds. The Morgan fingerprint density at radius 1 is 0.897 bits per heavy atom. The zero-order valence-corrected chi connectivity index (χ0v) is 16.4. The zero-order valence-electron chi connectivity index (χ0n) is 16.4. The third kappa shape index (κ3) is 5.52. The molecule has 0 saturated carbocycles. The third-order valence-corrected chi connectivity index (χ3v) is 4.76. The first-order valence-corrected chi connectivity index (χ1v) is 9.94. The summed E-state index contributed by atoms with van der Waals surface area (Å²) in [7, 11) is 0. The molecule has 152 valence electrons. The zero-order chi connectivity index (χ0) is 19.7. The summed E-state index contributed by atoms with van der Waals surface area (Å²) in [5, 5.41) is 4.29. The first-order chi connectivity index (χ1) is 14.4. The third-order valence-electron chi connectivity index (χ3n) is 4.76. The summed E-state index contributed by atoms with van der Waals surface area (Å²) in [6, 6.07) is 12.1. The lowest BCUT2D eigenvalue weighted by atomic mass is 10.2. The Bertz CT molecular complexity index is 794. The van der Waals surface area contributed by atoms with E-state index in [1.165, 1.54) is 0 Å². The smallest absolute Gasteiger partial charge is 0.229 e. The van der Waals surface area contributed by atoms with Crippen LogP contribution in [0.15, 0.2) is 47.6 Å². The van der Waals surface area contributed by atoms with Gasteiger partial charge >= 0.3 is 0 Å². The van der Waals surface area contributed by atoms with Gasteiger partial charge in [0.05, 0.1) is 26.4 Å². The number of hydrogen-bond donors (Lipinski definition) is 1. The van der Waals surface area contributed by atoms with Crippen molar-refractivity contribution < 1.29 is 9.47 Å². The molecular formula is C21H26N6O2. The number of allylic oxidation sites excluding steroid dienone is 1. The Kier molecular flexibility index (Phi) is 6.67. The fourth-order valence-electron chi connectivity index (χ4n) is 3.20. The van der Waals surface area contributed by atoms with Crippen molar-refractivity contribution >= 4 is 29.9 Å². The Morgan fingerprint density at radius 3 is 2.31 bits per heavy atom. The van der Waals surface area contributed by atoms with E-state index >= 15 is 0 Å². The standard InChI is InChI=1S/C21H26N6O2/c1-2-5-18(6-3-1)7-4-8-22-25-19-17-20(26-9-13-28-14-10-26)24-21(23-19)27-11-15-29-16-12-27/h1-8,17H,9-16H2,(H,23,24,25)/b7-4+,22-8+. The molecule has 1 aromatic heterocycles. The molecule has 2 aliphatic rings. The van der Waals surface area contributed by atoms with Crippen LogP contribution in [-0.4, -0.2) is 68.8 Å². The number of hydrazone groups is 1. The maximum atomic E-state index is 5.47. The normalized spacial score (nSPS) is 17.9. The van der Waals surface area contributed by atoms with E-state index in [9.17, 15) is 0 Å². The number of rotatable bonds is 6. The molecule has 1 N–H and O–H groups in total. The SMILES string of the molecule is C(=C\c1ccccc1)/C=N/Nc1cc(N2CCOCC2)nc(N2CCOCC2)n1. The highest BCUT2D eigenvalue weighted by molar-refractivity contribution is 5.78. The van der Waals surface area contributed by atoms with Crippen molar-refractivity contribution in [2.75, 3.05) is 67.8 Å². The van der Waals surface area contributed by atoms with Gasteiger partial charge < -0.3 is 19.3 Å². The first-order valence-electron chi connectivity index (χ1n) is 9.94. The van der Waals surface area contributed by atoms with Crippen LogP contribution in [0.1, 0.15) is 5.56 Å². The van der Waals surface area contributed by atoms with Crippen molar-refractivity contribution in [2.24, 2.45) is 5.10 Å². The second kappa shape index (κ2) is 9.99. The van der Waals surface area contributed by atoms with E-state index in [0.717, 1.165) is 37.6 Å². The highest BCUT2D eigenvalue weighted by atomic mass is 16.5. The van der Waals surface area contributed by atoms with E-state index in [1.807, 2.05) is 48.6 Å². The number of benzene rings is 1. The van der Waals surface area contributed by atoms with Crippen LogP contribution < -0.4 is 15.2 Å². The summed E-state index contributed by atoms with van der Waals surface area (Å²) in [5.74, 6) is 2.27. The molecule has 2 aromatic rings. The molecule has 3 heterocycles. The fraction of sp³-hybridized carbons (Fsp3) is 0.381. The number of ether oxygens (including phenoxy) is 2. The Labute approximate surface area is 170 Å². The van der Waals surface area contributed by atoms with E-state index in [2.05, 4.69) is 25.3 Å². The van der Waals surface area contributed by atoms with Crippen LogP contribution in [0.3, 0.4) is 0 Å². The van der Waals surface area contributed by atoms with Gasteiger partial charge in [0.25, 0.3) is 0 Å². The molecule has 2 aliphatic heterocycles. The van der Waals surface area contributed by atoms with Gasteiger partial charge in [-0.15, -0.1) is 0 Å². The van der Waals surface area contributed by atoms with E-state index in [4.69, 9.17) is 14.5 Å². The summed E-state index contributed by atoms with van der Waals surface area (Å²) in [4.78, 5) is 13.8. The van der Waals surface area contributed by atoms with E-state index in [0.29, 0.717) is 38.2 Å². The van der Waals surface area contributed by atoms with Crippen LogP contribution in [-0.2, 0) is 9.47 Å². The summed E-state index contributed by atoms with van der Waals surface area (Å²) in [6.45, 7) is 6.02. The van der Waals surface area contributed by atoms with Gasteiger partial charge in [0.2, 0.25) is 5.95 Å². The van der Waals surface area contributed by atoms with Gasteiger partial charge in [-0.1, -0.05) is 36.4 Å². The van der Waals surface area contributed by atoms with E-state index in [-0.39, 0.29) is 0 Å². The molecule has 2 saturated heterocycles. The number of nitrogens with one attached hydrogen (secondary N) is 1. The predicted octanol–water partition coefficient (Wildman–Crippen LogP) is 2.26. The lowest BCUT2D eigenvalue weighted by Crippen LogP contribution is -2.39. The lowest BCUT2D eigenvalue weighted by molar-refractivity contribution is 0.121. The maximum absolute atomic E-state index is 5.47. The topological polar surface area (TPSA) is 75.1 Å². The summed E-state index contributed by atoms with van der Waals surface area (Å²) in [6.07, 6.45) is 5.62.